The normalized spacial score (nSPS) is 20.1. The zero-order valence-electron chi connectivity index (χ0n) is 16.0. The first-order chi connectivity index (χ1) is 14.4. The van der Waals surface area contributed by atoms with Crippen LogP contribution in [0.15, 0.2) is 42.6 Å². The minimum atomic E-state index is -0.600. The number of aromatic nitrogens is 1. The summed E-state index contributed by atoms with van der Waals surface area (Å²) in [6, 6.07) is 7.81. The summed E-state index contributed by atoms with van der Waals surface area (Å²) >= 11 is 0. The topological polar surface area (TPSA) is 109 Å². The molecule has 0 saturated carbocycles. The van der Waals surface area contributed by atoms with Crippen LogP contribution < -0.4 is 15.1 Å². The molecule has 9 nitrogen and oxygen atoms in total. The summed E-state index contributed by atoms with van der Waals surface area (Å²) in [6.07, 6.45) is 2.80. The number of carbonyl (C=O) groups excluding carboxylic acids is 2. The number of anilines is 2. The number of hydrogen-bond acceptors (Lipinski definition) is 7. The van der Waals surface area contributed by atoms with Gasteiger partial charge in [-0.3, -0.25) is 19.7 Å². The third-order valence-corrected chi connectivity index (χ3v) is 5.43. The second-order valence-electron chi connectivity index (χ2n) is 7.36. The average molecular weight is 413 g/mol. The maximum atomic E-state index is 13.1. The van der Waals surface area contributed by atoms with Gasteiger partial charge in [0.2, 0.25) is 5.91 Å². The largest absolute Gasteiger partial charge is 0.356 e. The molecule has 0 aliphatic carbocycles. The van der Waals surface area contributed by atoms with Crippen LogP contribution in [0.3, 0.4) is 0 Å². The number of pyridine rings is 1. The summed E-state index contributed by atoms with van der Waals surface area (Å²) in [5, 5.41) is 14.0. The first-order valence-electron chi connectivity index (χ1n) is 9.66. The molecule has 1 atom stereocenters. The number of piperidine rings is 1. The number of rotatable bonds is 5. The van der Waals surface area contributed by atoms with Crippen LogP contribution in [0.4, 0.5) is 21.6 Å². The van der Waals surface area contributed by atoms with Crippen LogP contribution >= 0.6 is 0 Å². The van der Waals surface area contributed by atoms with Gasteiger partial charge >= 0.3 is 0 Å². The lowest BCUT2D eigenvalue weighted by Gasteiger charge is -2.34. The second-order valence-corrected chi connectivity index (χ2v) is 7.36. The first kappa shape index (κ1) is 19.9. The molecule has 0 spiro atoms. The van der Waals surface area contributed by atoms with E-state index in [4.69, 9.17) is 0 Å². The van der Waals surface area contributed by atoms with Crippen molar-refractivity contribution in [2.45, 2.75) is 31.3 Å². The van der Waals surface area contributed by atoms with Gasteiger partial charge < -0.3 is 10.2 Å². The molecule has 1 aromatic heterocycles. The minimum Gasteiger partial charge on any atom is -0.356 e. The first-order valence-corrected chi connectivity index (χ1v) is 9.66. The van der Waals surface area contributed by atoms with Gasteiger partial charge in [0, 0.05) is 25.2 Å². The maximum Gasteiger partial charge on any atom is 0.287 e. The van der Waals surface area contributed by atoms with Gasteiger partial charge in [-0.1, -0.05) is 0 Å². The Morgan fingerprint density at radius 2 is 1.80 bits per heavy atom. The van der Waals surface area contributed by atoms with Crippen LogP contribution in [0.2, 0.25) is 0 Å². The van der Waals surface area contributed by atoms with Crippen LogP contribution in [0.5, 0.6) is 0 Å². The fourth-order valence-corrected chi connectivity index (χ4v) is 3.86. The van der Waals surface area contributed by atoms with Crippen LogP contribution in [0.25, 0.3) is 0 Å². The summed E-state index contributed by atoms with van der Waals surface area (Å²) in [5.41, 5.74) is 0.320. The molecule has 10 heteroatoms. The molecule has 3 heterocycles. The number of nitrogens with zero attached hydrogens (tertiary/aromatic N) is 4. The summed E-state index contributed by atoms with van der Waals surface area (Å²) < 4.78 is 13.1. The predicted octanol–water partition coefficient (Wildman–Crippen LogP) is 2.02. The van der Waals surface area contributed by atoms with Crippen molar-refractivity contribution in [2.24, 2.45) is 0 Å². The Bertz CT molecular complexity index is 958. The highest BCUT2D eigenvalue weighted by atomic mass is 19.1. The zero-order chi connectivity index (χ0) is 21.3. The number of imide groups is 1. The third kappa shape index (κ3) is 3.99. The zero-order valence-corrected chi connectivity index (χ0v) is 16.0. The lowest BCUT2D eigenvalue weighted by Crippen LogP contribution is -2.49. The predicted molar refractivity (Wildman–Crippen MR) is 107 cm³/mol. The highest BCUT2D eigenvalue weighted by Crippen LogP contribution is 2.25. The lowest BCUT2D eigenvalue weighted by molar-refractivity contribution is -0.385. The van der Waals surface area contributed by atoms with Crippen LogP contribution in [-0.2, 0) is 9.59 Å². The number of hydrogen-bond donors (Lipinski definition) is 1. The van der Waals surface area contributed by atoms with Crippen LogP contribution in [-0.4, -0.2) is 46.9 Å². The van der Waals surface area contributed by atoms with Gasteiger partial charge in [-0.15, -0.1) is 0 Å². The number of carbonyl (C=O) groups is 2. The Balaban J connectivity index is 1.34. The van der Waals surface area contributed by atoms with Crippen molar-refractivity contribution in [2.75, 3.05) is 22.9 Å². The van der Waals surface area contributed by atoms with Gasteiger partial charge in [-0.2, -0.15) is 0 Å². The number of amides is 2. The molecule has 30 heavy (non-hydrogen) atoms. The molecule has 2 aliphatic heterocycles. The van der Waals surface area contributed by atoms with Crippen molar-refractivity contribution >= 4 is 29.0 Å². The van der Waals surface area contributed by atoms with Crippen molar-refractivity contribution in [1.29, 1.82) is 0 Å². The van der Waals surface area contributed by atoms with E-state index in [1.807, 2.05) is 4.90 Å². The molecule has 2 aromatic rings. The fourth-order valence-electron chi connectivity index (χ4n) is 3.86. The summed E-state index contributed by atoms with van der Waals surface area (Å²) in [7, 11) is 0. The van der Waals surface area contributed by atoms with Crippen molar-refractivity contribution in [3.05, 3.63) is 58.5 Å². The van der Waals surface area contributed by atoms with E-state index in [2.05, 4.69) is 10.3 Å². The molecule has 2 aliphatic rings. The average Bonchev–Trinajstić information content (AvgIpc) is 3.02. The molecule has 0 unspecified atom stereocenters. The maximum absolute atomic E-state index is 13.1. The van der Waals surface area contributed by atoms with E-state index in [0.717, 1.165) is 17.7 Å². The molecule has 0 bridgehead atoms. The van der Waals surface area contributed by atoms with Crippen molar-refractivity contribution in [3.63, 3.8) is 0 Å². The van der Waals surface area contributed by atoms with Gasteiger partial charge in [-0.25, -0.2) is 14.3 Å². The summed E-state index contributed by atoms with van der Waals surface area (Å²) in [6.45, 7) is 1.36. The summed E-state index contributed by atoms with van der Waals surface area (Å²) in [5.74, 6) is -0.391. The molecule has 2 saturated heterocycles. The van der Waals surface area contributed by atoms with Crippen molar-refractivity contribution < 1.29 is 18.9 Å². The minimum absolute atomic E-state index is 0.0505. The molecule has 4 rings (SSSR count). The van der Waals surface area contributed by atoms with E-state index in [9.17, 15) is 24.1 Å². The molecule has 0 radical (unpaired) electrons. The smallest absolute Gasteiger partial charge is 0.287 e. The third-order valence-electron chi connectivity index (χ3n) is 5.43. The molecule has 1 N–H and O–H groups in total. The molecule has 1 aromatic carbocycles. The van der Waals surface area contributed by atoms with Gasteiger partial charge in [0.25, 0.3) is 11.6 Å². The summed E-state index contributed by atoms with van der Waals surface area (Å²) in [4.78, 5) is 42.6. The molecule has 2 fully saturated rings. The Kier molecular flexibility index (Phi) is 5.40. The highest BCUT2D eigenvalue weighted by molar-refractivity contribution is 6.22. The van der Waals surface area contributed by atoms with E-state index in [1.54, 1.807) is 6.07 Å². The van der Waals surface area contributed by atoms with E-state index in [-0.39, 0.29) is 30.0 Å². The standard InChI is InChI=1S/C20H20FN5O4/c21-13-1-3-15(4-2-13)25-19(27)11-17(20(25)28)23-14-7-9-24(10-8-14)18-6-5-16(12-22-18)26(29)30/h1-6,12,14,17,23H,7-11H2/t17-/m0/s1. The number of halogens is 1. The molecule has 156 valence electrons. The number of nitro groups is 1. The highest BCUT2D eigenvalue weighted by Gasteiger charge is 2.40. The van der Waals surface area contributed by atoms with Gasteiger partial charge in [0.15, 0.2) is 0 Å². The number of benzene rings is 1. The Hall–Kier alpha value is -3.40. The Labute approximate surface area is 171 Å². The lowest BCUT2D eigenvalue weighted by atomic mass is 10.0. The quantitative estimate of drug-likeness (QED) is 0.454. The molecular weight excluding hydrogens is 393 g/mol. The number of nitrogens with one attached hydrogen (secondary N) is 1. The fraction of sp³-hybridized carbons (Fsp3) is 0.350. The molecular formula is C20H20FN5O4. The van der Waals surface area contributed by atoms with E-state index in [1.165, 1.54) is 36.5 Å². The van der Waals surface area contributed by atoms with Crippen molar-refractivity contribution in [1.82, 2.24) is 10.3 Å². The Morgan fingerprint density at radius 3 is 2.40 bits per heavy atom. The van der Waals surface area contributed by atoms with Gasteiger partial charge in [-0.05, 0) is 43.2 Å². The van der Waals surface area contributed by atoms with Crippen LogP contribution in [0, 0.1) is 15.9 Å². The van der Waals surface area contributed by atoms with Crippen molar-refractivity contribution in [3.8, 4) is 0 Å². The van der Waals surface area contributed by atoms with E-state index < -0.39 is 16.8 Å². The van der Waals surface area contributed by atoms with E-state index >= 15 is 0 Å². The van der Waals surface area contributed by atoms with Gasteiger partial charge in [0.05, 0.1) is 23.1 Å². The van der Waals surface area contributed by atoms with E-state index in [0.29, 0.717) is 24.6 Å². The molecule has 2 amide bonds. The van der Waals surface area contributed by atoms with Crippen LogP contribution in [0.1, 0.15) is 19.3 Å². The second kappa shape index (κ2) is 8.15. The van der Waals surface area contributed by atoms with Gasteiger partial charge in [0.1, 0.15) is 17.8 Å². The Morgan fingerprint density at radius 1 is 1.10 bits per heavy atom. The SMILES string of the molecule is O=C1C[C@H](NC2CCN(c3ccc([N+](=O)[O-])cn3)CC2)C(=O)N1c1ccc(F)cc1. The monoisotopic (exact) mass is 413 g/mol.